The van der Waals surface area contributed by atoms with E-state index in [1.54, 1.807) is 0 Å². The topological polar surface area (TPSA) is 81.4 Å². The minimum atomic E-state index is -3.33. The quantitative estimate of drug-likeness (QED) is 0.831. The molecule has 0 aromatic heterocycles. The molecule has 6 heteroatoms. The molecule has 21 heavy (non-hydrogen) atoms. The van der Waals surface area contributed by atoms with Crippen molar-refractivity contribution in [3.05, 3.63) is 35.4 Å². The van der Waals surface area contributed by atoms with Crippen molar-refractivity contribution in [2.24, 2.45) is 11.1 Å². The molecule has 118 valence electrons. The van der Waals surface area contributed by atoms with Gasteiger partial charge in [-0.1, -0.05) is 31.2 Å². The maximum atomic E-state index is 12.2. The average Bonchev–Trinajstić information content (AvgIpc) is 2.46. The Morgan fingerprint density at radius 1 is 1.29 bits per heavy atom. The summed E-state index contributed by atoms with van der Waals surface area (Å²) < 4.78 is 32.5. The largest absolute Gasteiger partial charge is 0.381 e. The van der Waals surface area contributed by atoms with Crippen LogP contribution in [0, 0.1) is 5.41 Å². The van der Waals surface area contributed by atoms with Crippen LogP contribution in [0.5, 0.6) is 0 Å². The molecule has 1 heterocycles. The van der Waals surface area contributed by atoms with Gasteiger partial charge in [-0.15, -0.1) is 0 Å². The third kappa shape index (κ3) is 5.07. The Morgan fingerprint density at radius 3 is 2.62 bits per heavy atom. The maximum Gasteiger partial charge on any atom is 0.215 e. The lowest BCUT2D eigenvalue weighted by Crippen LogP contribution is -2.39. The van der Waals surface area contributed by atoms with Crippen LogP contribution in [0.2, 0.25) is 0 Å². The van der Waals surface area contributed by atoms with E-state index in [0.29, 0.717) is 26.3 Å². The molecule has 0 spiro atoms. The molecular formula is C15H24N2O3S. The summed E-state index contributed by atoms with van der Waals surface area (Å²) in [5, 5.41) is 0. The summed E-state index contributed by atoms with van der Waals surface area (Å²) in [7, 11) is -3.33. The van der Waals surface area contributed by atoms with Crippen molar-refractivity contribution in [2.45, 2.75) is 32.1 Å². The Bertz CT molecular complexity index is 566. The van der Waals surface area contributed by atoms with E-state index in [0.717, 1.165) is 24.0 Å². The third-order valence-electron chi connectivity index (χ3n) is 4.00. The second-order valence-electron chi connectivity index (χ2n) is 6.03. The van der Waals surface area contributed by atoms with Crippen LogP contribution < -0.4 is 10.5 Å². The molecule has 5 nitrogen and oxygen atoms in total. The van der Waals surface area contributed by atoms with E-state index in [-0.39, 0.29) is 11.2 Å². The predicted octanol–water partition coefficient (Wildman–Crippen LogP) is 1.38. The van der Waals surface area contributed by atoms with Gasteiger partial charge in [-0.05, 0) is 29.4 Å². The van der Waals surface area contributed by atoms with Gasteiger partial charge in [-0.25, -0.2) is 13.1 Å². The highest BCUT2D eigenvalue weighted by Crippen LogP contribution is 2.28. The number of hydrogen-bond donors (Lipinski definition) is 2. The van der Waals surface area contributed by atoms with E-state index >= 15 is 0 Å². The molecule has 0 atom stereocenters. The third-order valence-corrected chi connectivity index (χ3v) is 5.30. The molecule has 1 aliphatic rings. The zero-order valence-electron chi connectivity index (χ0n) is 12.5. The van der Waals surface area contributed by atoms with Gasteiger partial charge in [0.05, 0.1) is 5.75 Å². The van der Waals surface area contributed by atoms with Crippen LogP contribution in [0.4, 0.5) is 0 Å². The van der Waals surface area contributed by atoms with Gasteiger partial charge in [-0.2, -0.15) is 0 Å². The molecule has 1 aliphatic heterocycles. The summed E-state index contributed by atoms with van der Waals surface area (Å²) in [4.78, 5) is 0. The summed E-state index contributed by atoms with van der Waals surface area (Å²) in [6, 6.07) is 7.39. The molecule has 1 aromatic rings. The standard InChI is InChI=1S/C15H24N2O3S/c1-15(5-7-20-8-6-15)12-17-21(18,19)11-14-4-2-3-13(9-14)10-16/h2-4,9,17H,5-8,10-12,16H2,1H3. The molecule has 0 saturated carbocycles. The van der Waals surface area contributed by atoms with Crippen molar-refractivity contribution >= 4 is 10.0 Å². The summed E-state index contributed by atoms with van der Waals surface area (Å²) in [6.07, 6.45) is 1.77. The molecule has 1 fully saturated rings. The van der Waals surface area contributed by atoms with Gasteiger partial charge in [0, 0.05) is 26.3 Å². The van der Waals surface area contributed by atoms with E-state index in [1.165, 1.54) is 0 Å². The molecule has 1 aromatic carbocycles. The first kappa shape index (κ1) is 16.4. The van der Waals surface area contributed by atoms with E-state index in [4.69, 9.17) is 10.5 Å². The number of benzene rings is 1. The number of nitrogens with one attached hydrogen (secondary N) is 1. The molecule has 0 bridgehead atoms. The predicted molar refractivity (Wildman–Crippen MR) is 83.1 cm³/mol. The molecule has 1 saturated heterocycles. The highest BCUT2D eigenvalue weighted by Gasteiger charge is 2.28. The Hall–Kier alpha value is -0.950. The van der Waals surface area contributed by atoms with E-state index in [1.807, 2.05) is 24.3 Å². The van der Waals surface area contributed by atoms with E-state index in [9.17, 15) is 8.42 Å². The Labute approximate surface area is 126 Å². The molecule has 0 aliphatic carbocycles. The Kier molecular flexibility index (Phi) is 5.37. The van der Waals surface area contributed by atoms with Gasteiger partial charge >= 0.3 is 0 Å². The minimum absolute atomic E-state index is 0.00653. The fourth-order valence-electron chi connectivity index (χ4n) is 2.44. The second-order valence-corrected chi connectivity index (χ2v) is 7.83. The van der Waals surface area contributed by atoms with Crippen LogP contribution in [0.25, 0.3) is 0 Å². The summed E-state index contributed by atoms with van der Waals surface area (Å²) in [5.41, 5.74) is 7.28. The van der Waals surface area contributed by atoms with E-state index < -0.39 is 10.0 Å². The van der Waals surface area contributed by atoms with Crippen LogP contribution in [-0.4, -0.2) is 28.2 Å². The van der Waals surface area contributed by atoms with Crippen molar-refractivity contribution in [3.63, 3.8) is 0 Å². The number of nitrogens with two attached hydrogens (primary N) is 1. The highest BCUT2D eigenvalue weighted by atomic mass is 32.2. The second kappa shape index (κ2) is 6.87. The molecule has 0 radical (unpaired) electrons. The SMILES string of the molecule is CC1(CNS(=O)(=O)Cc2cccc(CN)c2)CCOCC1. The van der Waals surface area contributed by atoms with Crippen LogP contribution in [-0.2, 0) is 27.1 Å². The first-order chi connectivity index (χ1) is 9.92. The lowest BCUT2D eigenvalue weighted by molar-refractivity contribution is 0.0264. The number of sulfonamides is 1. The van der Waals surface area contributed by atoms with Gasteiger partial charge in [0.2, 0.25) is 10.0 Å². The van der Waals surface area contributed by atoms with Crippen LogP contribution in [0.15, 0.2) is 24.3 Å². The molecule has 0 unspecified atom stereocenters. The van der Waals surface area contributed by atoms with Gasteiger partial charge < -0.3 is 10.5 Å². The number of ether oxygens (including phenoxy) is 1. The zero-order valence-corrected chi connectivity index (χ0v) is 13.3. The Balaban J connectivity index is 1.95. The van der Waals surface area contributed by atoms with Crippen LogP contribution >= 0.6 is 0 Å². The first-order valence-corrected chi connectivity index (χ1v) is 8.91. The Morgan fingerprint density at radius 2 is 1.95 bits per heavy atom. The van der Waals surface area contributed by atoms with Gasteiger partial charge in [0.1, 0.15) is 0 Å². The van der Waals surface area contributed by atoms with Crippen molar-refractivity contribution in [3.8, 4) is 0 Å². The first-order valence-electron chi connectivity index (χ1n) is 7.25. The number of hydrogen-bond acceptors (Lipinski definition) is 4. The maximum absolute atomic E-state index is 12.2. The molecule has 0 amide bonds. The van der Waals surface area contributed by atoms with Gasteiger partial charge in [0.25, 0.3) is 0 Å². The smallest absolute Gasteiger partial charge is 0.215 e. The van der Waals surface area contributed by atoms with Gasteiger partial charge in [-0.3, -0.25) is 0 Å². The summed E-state index contributed by atoms with van der Waals surface area (Å²) in [6.45, 7) is 4.40. The molecular weight excluding hydrogens is 288 g/mol. The average molecular weight is 312 g/mol. The fourth-order valence-corrected chi connectivity index (χ4v) is 3.73. The normalized spacial score (nSPS) is 18.6. The van der Waals surface area contributed by atoms with Crippen molar-refractivity contribution in [1.29, 1.82) is 0 Å². The van der Waals surface area contributed by atoms with Gasteiger partial charge in [0.15, 0.2) is 0 Å². The van der Waals surface area contributed by atoms with Crippen molar-refractivity contribution in [1.82, 2.24) is 4.72 Å². The van der Waals surface area contributed by atoms with Crippen molar-refractivity contribution < 1.29 is 13.2 Å². The summed E-state index contributed by atoms with van der Waals surface area (Å²) >= 11 is 0. The van der Waals surface area contributed by atoms with E-state index in [2.05, 4.69) is 11.6 Å². The fraction of sp³-hybridized carbons (Fsp3) is 0.600. The lowest BCUT2D eigenvalue weighted by atomic mass is 9.83. The lowest BCUT2D eigenvalue weighted by Gasteiger charge is -2.33. The minimum Gasteiger partial charge on any atom is -0.381 e. The zero-order chi connectivity index (χ0) is 15.3. The van der Waals surface area contributed by atoms with Crippen molar-refractivity contribution in [2.75, 3.05) is 19.8 Å². The molecule has 3 N–H and O–H groups in total. The highest BCUT2D eigenvalue weighted by molar-refractivity contribution is 7.88. The number of rotatable bonds is 6. The van der Waals surface area contributed by atoms with Crippen LogP contribution in [0.1, 0.15) is 30.9 Å². The van der Waals surface area contributed by atoms with Crippen LogP contribution in [0.3, 0.4) is 0 Å². The monoisotopic (exact) mass is 312 g/mol. The summed E-state index contributed by atoms with van der Waals surface area (Å²) in [5.74, 6) is -0.00653. The molecule has 2 rings (SSSR count).